The van der Waals surface area contributed by atoms with Gasteiger partial charge in [-0.15, -0.1) is 0 Å². The Kier molecular flexibility index (Phi) is 5.30. The molecule has 2 heteroatoms. The van der Waals surface area contributed by atoms with Crippen LogP contribution in [0.4, 0.5) is 0 Å². The van der Waals surface area contributed by atoms with Gasteiger partial charge < -0.3 is 0 Å². The molecule has 1 rings (SSSR count). The Bertz CT molecular complexity index is 295. The molecule has 0 spiro atoms. The van der Waals surface area contributed by atoms with Crippen LogP contribution in [-0.4, -0.2) is 9.97 Å². The summed E-state index contributed by atoms with van der Waals surface area (Å²) in [6.45, 7) is 6.29. The first-order chi connectivity index (χ1) is 7.24. The summed E-state index contributed by atoms with van der Waals surface area (Å²) in [5, 5.41) is 0. The second kappa shape index (κ2) is 6.54. The Labute approximate surface area is 93.2 Å². The van der Waals surface area contributed by atoms with Gasteiger partial charge in [-0.2, -0.15) is 0 Å². The largest absolute Gasteiger partial charge is 0.258 e. The molecule has 0 atom stereocenters. The number of hydrogen-bond donors (Lipinski definition) is 0. The minimum atomic E-state index is 1.02. The summed E-state index contributed by atoms with van der Waals surface area (Å²) >= 11 is 0. The minimum Gasteiger partial charge on any atom is -0.258 e. The van der Waals surface area contributed by atoms with Crippen LogP contribution in [0.5, 0.6) is 0 Å². The fraction of sp³-hybridized carbons (Fsp3) is 0.692. The van der Waals surface area contributed by atoms with Crippen LogP contribution in [0.3, 0.4) is 0 Å². The third kappa shape index (κ3) is 4.41. The summed E-state index contributed by atoms with van der Waals surface area (Å²) in [5.41, 5.74) is 3.30. The molecule has 0 radical (unpaired) electrons. The number of nitrogens with zero attached hydrogens (tertiary/aromatic N) is 2. The molecule has 0 aromatic carbocycles. The Morgan fingerprint density at radius 1 is 1.07 bits per heavy atom. The van der Waals surface area contributed by atoms with Crippen molar-refractivity contribution in [1.82, 2.24) is 9.97 Å². The van der Waals surface area contributed by atoms with Gasteiger partial charge in [-0.25, -0.2) is 0 Å². The van der Waals surface area contributed by atoms with Gasteiger partial charge in [-0.05, 0) is 26.7 Å². The van der Waals surface area contributed by atoms with Crippen LogP contribution < -0.4 is 0 Å². The second-order valence-electron chi connectivity index (χ2n) is 4.21. The summed E-state index contributed by atoms with van der Waals surface area (Å²) in [5.74, 6) is 0. The molecule has 15 heavy (non-hydrogen) atoms. The van der Waals surface area contributed by atoms with Crippen molar-refractivity contribution in [3.63, 3.8) is 0 Å². The van der Waals surface area contributed by atoms with Gasteiger partial charge in [-0.1, -0.05) is 32.6 Å². The molecular formula is C13H22N2. The topological polar surface area (TPSA) is 25.8 Å². The van der Waals surface area contributed by atoms with E-state index in [1.54, 1.807) is 0 Å². The van der Waals surface area contributed by atoms with Crippen LogP contribution in [0.15, 0.2) is 6.20 Å². The molecule has 0 N–H and O–H groups in total. The van der Waals surface area contributed by atoms with Crippen molar-refractivity contribution in [2.24, 2.45) is 0 Å². The highest BCUT2D eigenvalue weighted by molar-refractivity contribution is 5.11. The van der Waals surface area contributed by atoms with Crippen LogP contribution >= 0.6 is 0 Å². The van der Waals surface area contributed by atoms with Crippen molar-refractivity contribution >= 4 is 0 Å². The fourth-order valence-electron chi connectivity index (χ4n) is 1.76. The lowest BCUT2D eigenvalue weighted by molar-refractivity contribution is 0.625. The molecule has 1 aromatic rings. The van der Waals surface area contributed by atoms with E-state index in [0.717, 1.165) is 17.8 Å². The van der Waals surface area contributed by atoms with E-state index < -0.39 is 0 Å². The van der Waals surface area contributed by atoms with Gasteiger partial charge in [0.05, 0.1) is 17.1 Å². The number of hydrogen-bond acceptors (Lipinski definition) is 2. The zero-order valence-corrected chi connectivity index (χ0v) is 10.2. The van der Waals surface area contributed by atoms with Crippen molar-refractivity contribution < 1.29 is 0 Å². The van der Waals surface area contributed by atoms with Crippen molar-refractivity contribution in [2.75, 3.05) is 0 Å². The molecular weight excluding hydrogens is 184 g/mol. The fourth-order valence-corrected chi connectivity index (χ4v) is 1.76. The smallest absolute Gasteiger partial charge is 0.0616 e. The third-order valence-electron chi connectivity index (χ3n) is 2.69. The average molecular weight is 206 g/mol. The molecule has 0 saturated carbocycles. The van der Waals surface area contributed by atoms with Gasteiger partial charge in [0.2, 0.25) is 0 Å². The number of rotatable bonds is 6. The molecule has 0 saturated heterocycles. The predicted octanol–water partition coefficient (Wildman–Crippen LogP) is 3.61. The number of unbranched alkanes of at least 4 members (excludes halogenated alkanes) is 4. The van der Waals surface area contributed by atoms with E-state index in [4.69, 9.17) is 0 Å². The van der Waals surface area contributed by atoms with Gasteiger partial charge in [0.1, 0.15) is 0 Å². The van der Waals surface area contributed by atoms with E-state index in [2.05, 4.69) is 23.8 Å². The lowest BCUT2D eigenvalue weighted by Crippen LogP contribution is -1.98. The third-order valence-corrected chi connectivity index (χ3v) is 2.69. The molecule has 0 unspecified atom stereocenters. The summed E-state index contributed by atoms with van der Waals surface area (Å²) in [6, 6.07) is 0. The Morgan fingerprint density at radius 3 is 2.47 bits per heavy atom. The van der Waals surface area contributed by atoms with Crippen LogP contribution in [0.1, 0.15) is 56.1 Å². The molecule has 0 amide bonds. The highest BCUT2D eigenvalue weighted by Crippen LogP contribution is 2.09. The number of aryl methyl sites for hydroxylation is 3. The first kappa shape index (κ1) is 12.2. The Balaban J connectivity index is 2.31. The Morgan fingerprint density at radius 2 is 1.80 bits per heavy atom. The zero-order chi connectivity index (χ0) is 11.1. The molecule has 0 aliphatic rings. The standard InChI is InChI=1S/C13H22N2/c1-4-5-6-7-8-9-13-12(3)15-11(2)10-14-13/h10H,4-9H2,1-3H3. The highest BCUT2D eigenvalue weighted by atomic mass is 14.8. The first-order valence-electron chi connectivity index (χ1n) is 6.03. The normalized spacial score (nSPS) is 10.6. The highest BCUT2D eigenvalue weighted by Gasteiger charge is 2.01. The van der Waals surface area contributed by atoms with Crippen molar-refractivity contribution in [2.45, 2.75) is 59.3 Å². The Hall–Kier alpha value is -0.920. The van der Waals surface area contributed by atoms with Crippen LogP contribution in [0, 0.1) is 13.8 Å². The first-order valence-corrected chi connectivity index (χ1v) is 6.03. The van der Waals surface area contributed by atoms with E-state index >= 15 is 0 Å². The van der Waals surface area contributed by atoms with Gasteiger partial charge in [-0.3, -0.25) is 9.97 Å². The van der Waals surface area contributed by atoms with Crippen molar-refractivity contribution in [3.8, 4) is 0 Å². The monoisotopic (exact) mass is 206 g/mol. The maximum absolute atomic E-state index is 4.43. The van der Waals surface area contributed by atoms with Crippen LogP contribution in [-0.2, 0) is 6.42 Å². The summed E-state index contributed by atoms with van der Waals surface area (Å²) in [4.78, 5) is 8.86. The van der Waals surface area contributed by atoms with Crippen molar-refractivity contribution in [1.29, 1.82) is 0 Å². The van der Waals surface area contributed by atoms with E-state index in [-0.39, 0.29) is 0 Å². The van der Waals surface area contributed by atoms with E-state index in [1.165, 1.54) is 37.8 Å². The lowest BCUT2D eigenvalue weighted by Gasteiger charge is -2.04. The quantitative estimate of drug-likeness (QED) is 0.664. The number of aromatic nitrogens is 2. The van der Waals surface area contributed by atoms with E-state index in [0.29, 0.717) is 0 Å². The van der Waals surface area contributed by atoms with Crippen molar-refractivity contribution in [3.05, 3.63) is 23.3 Å². The second-order valence-corrected chi connectivity index (χ2v) is 4.21. The average Bonchev–Trinajstić information content (AvgIpc) is 2.20. The van der Waals surface area contributed by atoms with Crippen LogP contribution in [0.25, 0.3) is 0 Å². The molecule has 1 aromatic heterocycles. The molecule has 0 bridgehead atoms. The SMILES string of the molecule is CCCCCCCc1ncc(C)nc1C. The lowest BCUT2D eigenvalue weighted by atomic mass is 10.1. The molecule has 0 aliphatic carbocycles. The summed E-state index contributed by atoms with van der Waals surface area (Å²) in [6.07, 6.45) is 9.55. The summed E-state index contributed by atoms with van der Waals surface area (Å²) in [7, 11) is 0. The molecule has 0 aliphatic heterocycles. The maximum atomic E-state index is 4.43. The van der Waals surface area contributed by atoms with Gasteiger partial charge in [0.25, 0.3) is 0 Å². The molecule has 84 valence electrons. The molecule has 0 fully saturated rings. The maximum Gasteiger partial charge on any atom is 0.0616 e. The predicted molar refractivity (Wildman–Crippen MR) is 64.0 cm³/mol. The van der Waals surface area contributed by atoms with Gasteiger partial charge in [0.15, 0.2) is 0 Å². The van der Waals surface area contributed by atoms with Crippen LogP contribution in [0.2, 0.25) is 0 Å². The molecule has 2 nitrogen and oxygen atoms in total. The molecule has 1 heterocycles. The summed E-state index contributed by atoms with van der Waals surface area (Å²) < 4.78 is 0. The zero-order valence-electron chi connectivity index (χ0n) is 10.2. The van der Waals surface area contributed by atoms with E-state index in [9.17, 15) is 0 Å². The van der Waals surface area contributed by atoms with Gasteiger partial charge in [0, 0.05) is 6.20 Å². The van der Waals surface area contributed by atoms with E-state index in [1.807, 2.05) is 13.1 Å². The van der Waals surface area contributed by atoms with Gasteiger partial charge >= 0.3 is 0 Å². The minimum absolute atomic E-state index is 1.02.